The zero-order chi connectivity index (χ0) is 22.5. The van der Waals surface area contributed by atoms with E-state index in [4.69, 9.17) is 0 Å². The molecule has 0 rings (SSSR count). The fourth-order valence-electron chi connectivity index (χ4n) is 4.76. The van der Waals surface area contributed by atoms with Gasteiger partial charge in [0.15, 0.2) is 0 Å². The third kappa shape index (κ3) is 30.2. The van der Waals surface area contributed by atoms with Crippen molar-refractivity contribution in [2.24, 2.45) is 0 Å². The van der Waals surface area contributed by atoms with Crippen LogP contribution in [0.1, 0.15) is 181 Å². The van der Waals surface area contributed by atoms with E-state index in [-0.39, 0.29) is 0 Å². The van der Waals surface area contributed by atoms with Crippen LogP contribution in [0.25, 0.3) is 0 Å². The molecule has 0 nitrogen and oxygen atoms in total. The van der Waals surface area contributed by atoms with Gasteiger partial charge in [0.25, 0.3) is 0 Å². The fourth-order valence-corrected chi connectivity index (χ4v) is 6.20. The predicted octanol–water partition coefficient (Wildman–Crippen LogP) is 11.4. The Balaban J connectivity index is 2.98. The Morgan fingerprint density at radius 1 is 0.258 bits per heavy atom. The Labute approximate surface area is 202 Å². The molecule has 0 bridgehead atoms. The van der Waals surface area contributed by atoms with E-state index in [9.17, 15) is 0 Å². The van der Waals surface area contributed by atoms with E-state index in [1.165, 1.54) is 167 Å². The lowest BCUT2D eigenvalue weighted by Gasteiger charge is -2.04. The van der Waals surface area contributed by atoms with Gasteiger partial charge >= 0.3 is 0 Å². The molecule has 1 radical (unpaired) electrons. The highest BCUT2D eigenvalue weighted by Gasteiger charge is 1.96. The van der Waals surface area contributed by atoms with E-state index in [0.29, 0.717) is 0 Å². The smallest absolute Gasteiger partial charge is 0.0280 e. The molecule has 31 heavy (non-hydrogen) atoms. The van der Waals surface area contributed by atoms with Crippen molar-refractivity contribution in [2.75, 3.05) is 0 Å². The average Bonchev–Trinajstić information content (AvgIpc) is 2.78. The van der Waals surface area contributed by atoms with Crippen LogP contribution in [0.3, 0.4) is 0 Å². The first-order valence-corrected chi connectivity index (χ1v) is 16.9. The summed E-state index contributed by atoms with van der Waals surface area (Å²) in [5.41, 5.74) is 0. The van der Waals surface area contributed by atoms with Gasteiger partial charge in [-0.2, -0.15) is 0 Å². The van der Waals surface area contributed by atoms with Crippen molar-refractivity contribution in [3.63, 3.8) is 0 Å². The molecule has 1 heteroatoms. The van der Waals surface area contributed by atoms with Gasteiger partial charge < -0.3 is 0 Å². The van der Waals surface area contributed by atoms with Crippen molar-refractivity contribution in [3.05, 3.63) is 0 Å². The molecule has 0 aliphatic carbocycles. The summed E-state index contributed by atoms with van der Waals surface area (Å²) in [5, 5.41) is 0. The molecular formula is C30H63Si. The fraction of sp³-hybridized carbons (Fsp3) is 1.00. The molecule has 0 aliphatic heterocycles. The Hall–Kier alpha value is 0.217. The quantitative estimate of drug-likeness (QED) is 0.0819. The lowest BCUT2D eigenvalue weighted by atomic mass is 10.0. The minimum atomic E-state index is 0.773. The molecule has 0 atom stereocenters. The zero-order valence-corrected chi connectivity index (χ0v) is 23.5. The molecule has 0 aliphatic rings. The second-order valence-corrected chi connectivity index (χ2v) is 12.1. The zero-order valence-electron chi connectivity index (χ0n) is 22.4. The van der Waals surface area contributed by atoms with Crippen LogP contribution in [0.15, 0.2) is 0 Å². The second kappa shape index (κ2) is 30.2. The number of hydrogen-bond donors (Lipinski definition) is 0. The van der Waals surface area contributed by atoms with E-state index < -0.39 is 0 Å². The van der Waals surface area contributed by atoms with Crippen molar-refractivity contribution in [1.82, 2.24) is 0 Å². The van der Waals surface area contributed by atoms with Crippen LogP contribution < -0.4 is 0 Å². The summed E-state index contributed by atoms with van der Waals surface area (Å²) in [4.78, 5) is 0. The van der Waals surface area contributed by atoms with Crippen molar-refractivity contribution < 1.29 is 0 Å². The minimum absolute atomic E-state index is 0.773. The Bertz CT molecular complexity index is 260. The third-order valence-corrected chi connectivity index (χ3v) is 8.66. The average molecular weight is 452 g/mol. The van der Waals surface area contributed by atoms with Gasteiger partial charge in [-0.1, -0.05) is 193 Å². The molecule has 0 amide bonds. The van der Waals surface area contributed by atoms with Gasteiger partial charge in [-0.15, -0.1) is 0 Å². The molecular weight excluding hydrogens is 388 g/mol. The normalized spacial score (nSPS) is 11.4. The minimum Gasteiger partial charge on any atom is -0.0654 e. The van der Waals surface area contributed by atoms with Gasteiger partial charge in [0, 0.05) is 9.52 Å². The molecule has 0 N–H and O–H groups in total. The number of hydrogen-bond acceptors (Lipinski definition) is 0. The first kappa shape index (κ1) is 31.2. The molecule has 0 saturated carbocycles. The maximum atomic E-state index is 2.31. The molecule has 0 unspecified atom stereocenters. The van der Waals surface area contributed by atoms with E-state index in [2.05, 4.69) is 13.8 Å². The van der Waals surface area contributed by atoms with Crippen LogP contribution >= 0.6 is 0 Å². The van der Waals surface area contributed by atoms with Crippen molar-refractivity contribution in [3.8, 4) is 0 Å². The molecule has 187 valence electrons. The Kier molecular flexibility index (Phi) is 30.4. The van der Waals surface area contributed by atoms with Gasteiger partial charge in [-0.05, 0) is 0 Å². The maximum absolute atomic E-state index is 2.31. The van der Waals surface area contributed by atoms with Crippen molar-refractivity contribution in [2.45, 2.75) is 193 Å². The van der Waals surface area contributed by atoms with Crippen molar-refractivity contribution in [1.29, 1.82) is 0 Å². The highest BCUT2D eigenvalue weighted by molar-refractivity contribution is 6.35. The van der Waals surface area contributed by atoms with E-state index in [0.717, 1.165) is 9.52 Å². The SMILES string of the molecule is CCCCCCCCCCCCCCC[SiH]CCCCCCCCCCCCCCC. The number of unbranched alkanes of at least 4 members (excludes halogenated alkanes) is 24. The maximum Gasteiger partial charge on any atom is 0.0280 e. The highest BCUT2D eigenvalue weighted by atomic mass is 28.2. The van der Waals surface area contributed by atoms with E-state index >= 15 is 0 Å². The first-order chi connectivity index (χ1) is 15.4. The molecule has 0 aromatic carbocycles. The molecule has 0 aromatic rings. The topological polar surface area (TPSA) is 0 Å². The van der Waals surface area contributed by atoms with Crippen LogP contribution in [0.4, 0.5) is 0 Å². The summed E-state index contributed by atoms with van der Waals surface area (Å²) in [6.07, 6.45) is 38.6. The summed E-state index contributed by atoms with van der Waals surface area (Å²) < 4.78 is 0. The summed E-state index contributed by atoms with van der Waals surface area (Å²) in [6, 6.07) is 3.16. The predicted molar refractivity (Wildman–Crippen MR) is 148 cm³/mol. The largest absolute Gasteiger partial charge is 0.0654 e. The van der Waals surface area contributed by atoms with Gasteiger partial charge in [0.1, 0.15) is 0 Å². The van der Waals surface area contributed by atoms with Crippen LogP contribution in [-0.2, 0) is 0 Å². The molecule has 0 heterocycles. The van der Waals surface area contributed by atoms with Crippen LogP contribution in [0.2, 0.25) is 12.1 Å². The molecule has 0 aromatic heterocycles. The highest BCUT2D eigenvalue weighted by Crippen LogP contribution is 2.15. The summed E-state index contributed by atoms with van der Waals surface area (Å²) in [6.45, 7) is 4.61. The molecule has 0 saturated heterocycles. The van der Waals surface area contributed by atoms with Gasteiger partial charge in [0.2, 0.25) is 0 Å². The first-order valence-electron chi connectivity index (χ1n) is 15.2. The van der Waals surface area contributed by atoms with Crippen LogP contribution in [0, 0.1) is 0 Å². The lowest BCUT2D eigenvalue weighted by Crippen LogP contribution is -1.90. The Morgan fingerprint density at radius 3 is 0.677 bits per heavy atom. The monoisotopic (exact) mass is 451 g/mol. The third-order valence-electron chi connectivity index (χ3n) is 7.02. The standard InChI is InChI=1S/C30H63Si/c1-3-5-7-9-11-13-15-17-19-21-23-25-27-29-31-30-28-26-24-22-20-18-16-14-12-10-8-6-4-2/h31H,3-30H2,1-2H3. The summed E-state index contributed by atoms with van der Waals surface area (Å²) in [5.74, 6) is 0. The summed E-state index contributed by atoms with van der Waals surface area (Å²) in [7, 11) is 0.773. The van der Waals surface area contributed by atoms with Gasteiger partial charge in [-0.25, -0.2) is 0 Å². The number of rotatable bonds is 28. The van der Waals surface area contributed by atoms with Crippen molar-refractivity contribution >= 4 is 9.52 Å². The van der Waals surface area contributed by atoms with E-state index in [1.807, 2.05) is 0 Å². The second-order valence-electron chi connectivity index (χ2n) is 10.4. The molecule has 0 spiro atoms. The molecule has 0 fully saturated rings. The van der Waals surface area contributed by atoms with Gasteiger partial charge in [-0.3, -0.25) is 0 Å². The summed E-state index contributed by atoms with van der Waals surface area (Å²) >= 11 is 0. The lowest BCUT2D eigenvalue weighted by molar-refractivity contribution is 0.541. The van der Waals surface area contributed by atoms with E-state index in [1.54, 1.807) is 12.1 Å². The van der Waals surface area contributed by atoms with Gasteiger partial charge in [0.05, 0.1) is 0 Å². The van der Waals surface area contributed by atoms with Crippen LogP contribution in [0.5, 0.6) is 0 Å². The Morgan fingerprint density at radius 2 is 0.452 bits per heavy atom. The van der Waals surface area contributed by atoms with Crippen LogP contribution in [-0.4, -0.2) is 9.52 Å².